The van der Waals surface area contributed by atoms with Gasteiger partial charge in [-0.05, 0) is 25.7 Å². The number of urea groups is 1. The topological polar surface area (TPSA) is 105 Å². The monoisotopic (exact) mass is 284 g/mol. The number of hydrogen-bond acceptors (Lipinski definition) is 5. The van der Waals surface area contributed by atoms with Crippen LogP contribution in [0.3, 0.4) is 0 Å². The lowest BCUT2D eigenvalue weighted by Gasteiger charge is -2.29. The van der Waals surface area contributed by atoms with E-state index < -0.39 is 30.1 Å². The van der Waals surface area contributed by atoms with Crippen LogP contribution in [0.4, 0.5) is 4.79 Å². The van der Waals surface area contributed by atoms with Gasteiger partial charge >= 0.3 is 12.0 Å². The molecule has 1 fully saturated rings. The van der Waals surface area contributed by atoms with Crippen LogP contribution in [0.5, 0.6) is 0 Å². The van der Waals surface area contributed by atoms with E-state index in [0.717, 1.165) is 19.3 Å². The summed E-state index contributed by atoms with van der Waals surface area (Å²) in [6, 6.07) is -0.692. The number of carbonyl (C=O) groups is 3. The van der Waals surface area contributed by atoms with Crippen LogP contribution in [0, 0.1) is 0 Å². The summed E-state index contributed by atoms with van der Waals surface area (Å²) in [6.45, 7) is 3.03. The van der Waals surface area contributed by atoms with Gasteiger partial charge in [-0.2, -0.15) is 0 Å². The Morgan fingerprint density at radius 1 is 1.25 bits per heavy atom. The summed E-state index contributed by atoms with van der Waals surface area (Å²) in [5, 5.41) is 14.4. The average Bonchev–Trinajstić information content (AvgIpc) is 2.43. The minimum atomic E-state index is -1.50. The van der Waals surface area contributed by atoms with Crippen LogP contribution in [0.1, 0.15) is 32.1 Å². The van der Waals surface area contributed by atoms with E-state index in [4.69, 9.17) is 4.74 Å². The van der Waals surface area contributed by atoms with E-state index >= 15 is 0 Å². The van der Waals surface area contributed by atoms with E-state index in [-0.39, 0.29) is 6.54 Å². The zero-order valence-corrected chi connectivity index (χ0v) is 11.3. The van der Waals surface area contributed by atoms with Gasteiger partial charge < -0.3 is 15.2 Å². The number of ether oxygens (including phenoxy) is 1. The molecule has 0 aromatic carbocycles. The zero-order valence-electron chi connectivity index (χ0n) is 11.3. The molecule has 0 aromatic rings. The average molecular weight is 284 g/mol. The van der Waals surface area contributed by atoms with Crippen molar-refractivity contribution >= 4 is 17.9 Å². The first-order valence-corrected chi connectivity index (χ1v) is 6.56. The Morgan fingerprint density at radius 3 is 2.50 bits per heavy atom. The third kappa shape index (κ3) is 5.00. The van der Waals surface area contributed by atoms with Gasteiger partial charge in [0.15, 0.2) is 12.2 Å². The van der Waals surface area contributed by atoms with Crippen molar-refractivity contribution in [3.05, 3.63) is 12.7 Å². The Bertz CT molecular complexity index is 388. The van der Waals surface area contributed by atoms with Crippen LogP contribution in [0.2, 0.25) is 0 Å². The summed E-state index contributed by atoms with van der Waals surface area (Å²) in [4.78, 5) is 34.2. The molecule has 20 heavy (non-hydrogen) atoms. The second kappa shape index (κ2) is 7.64. The van der Waals surface area contributed by atoms with Crippen molar-refractivity contribution in [3.63, 3.8) is 0 Å². The molecule has 0 bridgehead atoms. The normalized spacial score (nSPS) is 16.9. The molecule has 0 saturated heterocycles. The molecule has 1 saturated carbocycles. The molecule has 3 amide bonds. The lowest BCUT2D eigenvalue weighted by Crippen LogP contribution is -2.45. The highest BCUT2D eigenvalue weighted by molar-refractivity contribution is 5.95. The van der Waals surface area contributed by atoms with Crippen LogP contribution in [-0.4, -0.2) is 41.8 Å². The smallest absolute Gasteiger partial charge is 0.338 e. The van der Waals surface area contributed by atoms with Crippen molar-refractivity contribution in [1.29, 1.82) is 0 Å². The highest BCUT2D eigenvalue weighted by Gasteiger charge is 2.38. The minimum Gasteiger partial charge on any atom is -0.453 e. The zero-order chi connectivity index (χ0) is 15.0. The van der Waals surface area contributed by atoms with E-state index in [1.54, 1.807) is 0 Å². The summed E-state index contributed by atoms with van der Waals surface area (Å²) < 4.78 is 4.75. The van der Waals surface area contributed by atoms with Crippen molar-refractivity contribution in [2.24, 2.45) is 0 Å². The Hall–Kier alpha value is -1.89. The molecule has 0 unspecified atom stereocenters. The van der Waals surface area contributed by atoms with Crippen molar-refractivity contribution in [3.8, 4) is 0 Å². The molecule has 3 N–H and O–H groups in total. The van der Waals surface area contributed by atoms with Gasteiger partial charge in [0.1, 0.15) is 0 Å². The van der Waals surface area contributed by atoms with E-state index in [9.17, 15) is 19.5 Å². The van der Waals surface area contributed by atoms with Crippen molar-refractivity contribution < 1.29 is 24.2 Å². The number of nitrogens with one attached hydrogen (secondary N) is 2. The first-order chi connectivity index (χ1) is 9.48. The number of esters is 1. The van der Waals surface area contributed by atoms with Gasteiger partial charge in [-0.25, -0.2) is 9.59 Å². The summed E-state index contributed by atoms with van der Waals surface area (Å²) in [5.74, 6) is -1.56. The molecule has 0 aromatic heterocycles. The summed E-state index contributed by atoms with van der Waals surface area (Å²) >= 11 is 0. The number of imide groups is 1. The molecule has 0 heterocycles. The van der Waals surface area contributed by atoms with Crippen LogP contribution in [0.25, 0.3) is 0 Å². The van der Waals surface area contributed by atoms with Crippen molar-refractivity contribution in [2.45, 2.75) is 37.7 Å². The maximum Gasteiger partial charge on any atom is 0.338 e. The predicted octanol–water partition coefficient (Wildman–Crippen LogP) is 0.237. The number of amides is 3. The van der Waals surface area contributed by atoms with Crippen molar-refractivity contribution in [1.82, 2.24) is 10.6 Å². The molecule has 7 nitrogen and oxygen atoms in total. The third-order valence-electron chi connectivity index (χ3n) is 3.05. The maximum atomic E-state index is 11.7. The molecule has 0 spiro atoms. The molecular formula is C13H20N2O5. The largest absolute Gasteiger partial charge is 0.453 e. The Labute approximate surface area is 117 Å². The van der Waals surface area contributed by atoms with Gasteiger partial charge in [-0.3, -0.25) is 10.1 Å². The second-order valence-corrected chi connectivity index (χ2v) is 4.72. The van der Waals surface area contributed by atoms with Crippen molar-refractivity contribution in [2.75, 3.05) is 13.2 Å². The fraction of sp³-hybridized carbons (Fsp3) is 0.615. The molecule has 112 valence electrons. The SMILES string of the molecule is C=CCNC(=O)NC(=O)COC(=O)C1(O)CCCCC1. The number of rotatable bonds is 5. The first-order valence-electron chi connectivity index (χ1n) is 6.56. The Morgan fingerprint density at radius 2 is 1.90 bits per heavy atom. The summed E-state index contributed by atoms with van der Waals surface area (Å²) in [7, 11) is 0. The number of carbonyl (C=O) groups excluding carboxylic acids is 3. The fourth-order valence-electron chi connectivity index (χ4n) is 1.98. The molecule has 1 aliphatic carbocycles. The van der Waals surface area contributed by atoms with Gasteiger partial charge in [0, 0.05) is 6.54 Å². The predicted molar refractivity (Wildman–Crippen MR) is 70.7 cm³/mol. The molecular weight excluding hydrogens is 264 g/mol. The highest BCUT2D eigenvalue weighted by atomic mass is 16.6. The summed E-state index contributed by atoms with van der Waals surface area (Å²) in [6.07, 6.45) is 4.62. The molecule has 7 heteroatoms. The number of aliphatic hydroxyl groups is 1. The number of hydrogen-bond donors (Lipinski definition) is 3. The quantitative estimate of drug-likeness (QED) is 0.495. The fourth-order valence-corrected chi connectivity index (χ4v) is 1.98. The maximum absolute atomic E-state index is 11.7. The molecule has 0 radical (unpaired) electrons. The minimum absolute atomic E-state index is 0.221. The van der Waals surface area contributed by atoms with E-state index in [1.165, 1.54) is 6.08 Å². The van der Waals surface area contributed by atoms with Gasteiger partial charge in [0.2, 0.25) is 0 Å². The third-order valence-corrected chi connectivity index (χ3v) is 3.05. The van der Waals surface area contributed by atoms with E-state index in [0.29, 0.717) is 12.8 Å². The molecule has 0 atom stereocenters. The van der Waals surface area contributed by atoms with Crippen LogP contribution in [0.15, 0.2) is 12.7 Å². The lowest BCUT2D eigenvalue weighted by molar-refractivity contribution is -0.170. The standard InChI is InChI=1S/C13H20N2O5/c1-2-8-14-12(18)15-10(16)9-20-11(17)13(19)6-4-3-5-7-13/h2,19H,1,3-9H2,(H2,14,15,16,18). The van der Waals surface area contributed by atoms with E-state index in [1.807, 2.05) is 5.32 Å². The van der Waals surface area contributed by atoms with Gasteiger partial charge in [0.05, 0.1) is 0 Å². The van der Waals surface area contributed by atoms with Crippen LogP contribution in [-0.2, 0) is 14.3 Å². The van der Waals surface area contributed by atoms with Gasteiger partial charge in [-0.1, -0.05) is 12.5 Å². The molecule has 0 aliphatic heterocycles. The Balaban J connectivity index is 2.31. The highest BCUT2D eigenvalue weighted by Crippen LogP contribution is 2.28. The summed E-state index contributed by atoms with van der Waals surface area (Å²) in [5.41, 5.74) is -1.50. The molecule has 1 rings (SSSR count). The Kier molecular flexibility index (Phi) is 6.17. The molecule has 1 aliphatic rings. The van der Waals surface area contributed by atoms with E-state index in [2.05, 4.69) is 11.9 Å². The first kappa shape index (κ1) is 16.2. The van der Waals surface area contributed by atoms with Crippen LogP contribution < -0.4 is 10.6 Å². The van der Waals surface area contributed by atoms with Gasteiger partial charge in [0.25, 0.3) is 5.91 Å². The lowest BCUT2D eigenvalue weighted by atomic mass is 9.85. The second-order valence-electron chi connectivity index (χ2n) is 4.72. The van der Waals surface area contributed by atoms with Gasteiger partial charge in [-0.15, -0.1) is 6.58 Å². The van der Waals surface area contributed by atoms with Crippen LogP contribution >= 0.6 is 0 Å².